The third-order valence-electron chi connectivity index (χ3n) is 7.38. The zero-order valence-electron chi connectivity index (χ0n) is 28.6. The van der Waals surface area contributed by atoms with Crippen LogP contribution in [0.3, 0.4) is 0 Å². The molecule has 0 heterocycles. The van der Waals surface area contributed by atoms with Gasteiger partial charge in [0.15, 0.2) is 0 Å². The Morgan fingerprint density at radius 2 is 1.43 bits per heavy atom. The first-order chi connectivity index (χ1) is 22.0. The number of aryl methyl sites for hydroxylation is 1. The van der Waals surface area contributed by atoms with Crippen molar-refractivity contribution in [3.05, 3.63) is 71.3 Å². The van der Waals surface area contributed by atoms with E-state index in [1.807, 2.05) is 49.4 Å². The molecular weight excluding hydrogens is 600 g/mol. The lowest BCUT2D eigenvalue weighted by Crippen LogP contribution is -2.55. The summed E-state index contributed by atoms with van der Waals surface area (Å²) in [5.74, 6) is -2.38. The number of hydrogen-bond acceptors (Lipinski definition) is 7. The first kappa shape index (κ1) is 37.1. The Kier molecular flexibility index (Phi) is 12.6. The predicted molar refractivity (Wildman–Crippen MR) is 178 cm³/mol. The van der Waals surface area contributed by atoms with E-state index in [0.717, 1.165) is 17.5 Å². The number of amides is 4. The molecule has 3 rings (SSSR count). The van der Waals surface area contributed by atoms with Crippen LogP contribution >= 0.6 is 0 Å². The molecule has 1 fully saturated rings. The minimum Gasteiger partial charge on any atom is -0.458 e. The van der Waals surface area contributed by atoms with Crippen LogP contribution in [0.15, 0.2) is 54.6 Å². The number of carbonyl (C=O) groups is 5. The van der Waals surface area contributed by atoms with Gasteiger partial charge in [-0.25, -0.2) is 9.59 Å². The van der Waals surface area contributed by atoms with Crippen molar-refractivity contribution in [3.63, 3.8) is 0 Å². The fourth-order valence-electron chi connectivity index (χ4n) is 5.09. The lowest BCUT2D eigenvalue weighted by molar-refractivity contribution is -0.159. The molecule has 11 heteroatoms. The van der Waals surface area contributed by atoms with E-state index in [0.29, 0.717) is 18.4 Å². The molecule has 4 N–H and O–H groups in total. The van der Waals surface area contributed by atoms with Gasteiger partial charge in [-0.05, 0) is 83.9 Å². The highest BCUT2D eigenvalue weighted by Gasteiger charge is 2.45. The van der Waals surface area contributed by atoms with Gasteiger partial charge in [0.25, 0.3) is 0 Å². The summed E-state index contributed by atoms with van der Waals surface area (Å²) in [6, 6.07) is 12.9. The summed E-state index contributed by atoms with van der Waals surface area (Å²) < 4.78 is 11.1. The number of primary amides is 1. The van der Waals surface area contributed by atoms with Gasteiger partial charge in [0.2, 0.25) is 17.7 Å². The average molecular weight is 651 g/mol. The van der Waals surface area contributed by atoms with Crippen LogP contribution in [-0.4, -0.2) is 64.0 Å². The van der Waals surface area contributed by atoms with Gasteiger partial charge in [0.05, 0.1) is 0 Å². The third kappa shape index (κ3) is 12.0. The molecule has 2 aromatic rings. The van der Waals surface area contributed by atoms with Crippen LogP contribution in [0.25, 0.3) is 0 Å². The number of carbonyl (C=O) groups excluding carboxylic acids is 5. The van der Waals surface area contributed by atoms with Crippen molar-refractivity contribution in [1.29, 1.82) is 0 Å². The zero-order valence-corrected chi connectivity index (χ0v) is 28.6. The first-order valence-corrected chi connectivity index (χ1v) is 16.2. The van der Waals surface area contributed by atoms with Crippen LogP contribution in [0.5, 0.6) is 0 Å². The van der Waals surface area contributed by atoms with Gasteiger partial charge in [-0.15, -0.1) is 0 Å². The largest absolute Gasteiger partial charge is 0.458 e. The Hall–Kier alpha value is -4.41. The summed E-state index contributed by atoms with van der Waals surface area (Å²) in [5, 5.41) is 5.51. The van der Waals surface area contributed by atoms with E-state index in [9.17, 15) is 24.0 Å². The Bertz CT molecular complexity index is 1390. The van der Waals surface area contributed by atoms with Gasteiger partial charge >= 0.3 is 12.1 Å². The fraction of sp³-hybridized carbons (Fsp3) is 0.528. The molecule has 1 aliphatic carbocycles. The number of nitrogens with two attached hydrogens (primary N) is 1. The average Bonchev–Trinajstić information content (AvgIpc) is 3.81. The Morgan fingerprint density at radius 1 is 0.830 bits per heavy atom. The normalized spacial score (nSPS) is 15.0. The van der Waals surface area contributed by atoms with Crippen molar-refractivity contribution >= 4 is 29.8 Å². The quantitative estimate of drug-likeness (QED) is 0.254. The predicted octanol–water partition coefficient (Wildman–Crippen LogP) is 4.51. The molecule has 0 saturated heterocycles. The summed E-state index contributed by atoms with van der Waals surface area (Å²) in [5.41, 5.74) is 6.17. The third-order valence-corrected chi connectivity index (χ3v) is 7.38. The SMILES string of the molecule is CCc1ccc(C(C(=O)NC(Cc2ccccc2)C(=O)OC(C)(C)C)N(C(=O)C(CCC(N)=O)NC(=O)OC(C)(C)C)C2CC2)cc1. The van der Waals surface area contributed by atoms with Crippen LogP contribution in [0, 0.1) is 0 Å². The minimum absolute atomic E-state index is 0.0890. The second-order valence-electron chi connectivity index (χ2n) is 14.0. The topological polar surface area (TPSA) is 157 Å². The standard InChI is InChI=1S/C36H50N4O7/c1-8-23-14-16-25(17-15-23)30(31(42)38-28(33(44)46-35(2,3)4)22-24-12-10-9-11-13-24)40(26-18-19-26)32(43)27(20-21-29(37)41)39-34(45)47-36(5,6)7/h9-17,26-28,30H,8,18-22H2,1-7H3,(H2,37,41)(H,38,42)(H,39,45). The Morgan fingerprint density at radius 3 is 1.94 bits per heavy atom. The molecule has 2 aromatic carbocycles. The van der Waals surface area contributed by atoms with Gasteiger partial charge in [-0.3, -0.25) is 14.4 Å². The summed E-state index contributed by atoms with van der Waals surface area (Å²) in [7, 11) is 0. The molecular formula is C36H50N4O7. The lowest BCUT2D eigenvalue weighted by atomic mass is 9.98. The molecule has 1 saturated carbocycles. The second-order valence-corrected chi connectivity index (χ2v) is 14.0. The smallest absolute Gasteiger partial charge is 0.408 e. The number of nitrogens with one attached hydrogen (secondary N) is 2. The zero-order chi connectivity index (χ0) is 34.9. The maximum absolute atomic E-state index is 14.4. The number of rotatable bonds is 14. The number of ether oxygens (including phenoxy) is 2. The van der Waals surface area contributed by atoms with Gasteiger partial charge in [-0.2, -0.15) is 0 Å². The maximum Gasteiger partial charge on any atom is 0.408 e. The molecule has 1 aliphatic rings. The van der Waals surface area contributed by atoms with Crippen molar-refractivity contribution in [3.8, 4) is 0 Å². The van der Waals surface area contributed by atoms with Crippen molar-refractivity contribution in [2.24, 2.45) is 5.73 Å². The van der Waals surface area contributed by atoms with Crippen LogP contribution in [0.2, 0.25) is 0 Å². The van der Waals surface area contributed by atoms with E-state index in [1.165, 1.54) is 4.90 Å². The van der Waals surface area contributed by atoms with Gasteiger partial charge in [0, 0.05) is 18.9 Å². The lowest BCUT2D eigenvalue weighted by Gasteiger charge is -2.35. The molecule has 0 spiro atoms. The molecule has 3 atom stereocenters. The van der Waals surface area contributed by atoms with Crippen molar-refractivity contribution < 1.29 is 33.4 Å². The number of alkyl carbamates (subject to hydrolysis) is 1. The molecule has 0 aromatic heterocycles. The highest BCUT2D eigenvalue weighted by molar-refractivity contribution is 5.94. The van der Waals surface area contributed by atoms with E-state index in [2.05, 4.69) is 10.6 Å². The van der Waals surface area contributed by atoms with Crippen LogP contribution in [0.1, 0.15) is 96.9 Å². The Labute approximate surface area is 277 Å². The minimum atomic E-state index is -1.20. The van der Waals surface area contributed by atoms with E-state index in [4.69, 9.17) is 15.2 Å². The van der Waals surface area contributed by atoms with Gasteiger partial charge in [-0.1, -0.05) is 61.5 Å². The van der Waals surface area contributed by atoms with Gasteiger partial charge in [0.1, 0.15) is 29.3 Å². The van der Waals surface area contributed by atoms with Crippen LogP contribution in [-0.2, 0) is 41.5 Å². The van der Waals surface area contributed by atoms with E-state index in [1.54, 1.807) is 53.7 Å². The van der Waals surface area contributed by atoms with Crippen molar-refractivity contribution in [1.82, 2.24) is 15.5 Å². The number of hydrogen-bond donors (Lipinski definition) is 3. The van der Waals surface area contributed by atoms with Crippen molar-refractivity contribution in [2.45, 2.75) is 122 Å². The van der Waals surface area contributed by atoms with E-state index < -0.39 is 59.1 Å². The maximum atomic E-state index is 14.4. The molecule has 4 amide bonds. The molecule has 0 bridgehead atoms. The number of benzene rings is 2. The highest BCUT2D eigenvalue weighted by Crippen LogP contribution is 2.36. The molecule has 0 aliphatic heterocycles. The van der Waals surface area contributed by atoms with Crippen LogP contribution < -0.4 is 16.4 Å². The van der Waals surface area contributed by atoms with Gasteiger partial charge < -0.3 is 30.7 Å². The number of esters is 1. The highest BCUT2D eigenvalue weighted by atomic mass is 16.6. The van der Waals surface area contributed by atoms with Crippen LogP contribution in [0.4, 0.5) is 4.79 Å². The summed E-state index contributed by atoms with van der Waals surface area (Å²) in [6.07, 6.45) is 1.11. The number of nitrogens with zero attached hydrogens (tertiary/aromatic N) is 1. The molecule has 3 unspecified atom stereocenters. The fourth-order valence-corrected chi connectivity index (χ4v) is 5.09. The first-order valence-electron chi connectivity index (χ1n) is 16.2. The van der Waals surface area contributed by atoms with E-state index in [-0.39, 0.29) is 25.3 Å². The Balaban J connectivity index is 2.04. The monoisotopic (exact) mass is 650 g/mol. The summed E-state index contributed by atoms with van der Waals surface area (Å²) in [4.78, 5) is 68.4. The summed E-state index contributed by atoms with van der Waals surface area (Å²) >= 11 is 0. The molecule has 47 heavy (non-hydrogen) atoms. The van der Waals surface area contributed by atoms with Crippen molar-refractivity contribution in [2.75, 3.05) is 0 Å². The van der Waals surface area contributed by atoms with E-state index >= 15 is 0 Å². The molecule has 0 radical (unpaired) electrons. The molecule has 256 valence electrons. The second kappa shape index (κ2) is 15.9. The summed E-state index contributed by atoms with van der Waals surface area (Å²) in [6.45, 7) is 12.4. The molecule has 11 nitrogen and oxygen atoms in total.